The zero-order chi connectivity index (χ0) is 15.4. The van der Waals surface area contributed by atoms with Gasteiger partial charge in [-0.15, -0.1) is 0 Å². The molecular formula is C16H21BrN4. The molecule has 0 atom stereocenters. The zero-order valence-electron chi connectivity index (χ0n) is 12.9. The second kappa shape index (κ2) is 6.89. The fraction of sp³-hybridized carbons (Fsp3) is 0.375. The quantitative estimate of drug-likeness (QED) is 0.888. The molecule has 112 valence electrons. The monoisotopic (exact) mass is 348 g/mol. The van der Waals surface area contributed by atoms with Crippen molar-refractivity contribution >= 4 is 27.6 Å². The van der Waals surface area contributed by atoms with Crippen LogP contribution in [-0.4, -0.2) is 23.6 Å². The van der Waals surface area contributed by atoms with E-state index < -0.39 is 0 Å². The highest BCUT2D eigenvalue weighted by atomic mass is 79.9. The maximum absolute atomic E-state index is 4.60. The van der Waals surface area contributed by atoms with Crippen molar-refractivity contribution < 1.29 is 0 Å². The van der Waals surface area contributed by atoms with Gasteiger partial charge in [0.2, 0.25) is 0 Å². The average molecular weight is 349 g/mol. The average Bonchev–Trinajstić information content (AvgIpc) is 2.45. The van der Waals surface area contributed by atoms with Crippen molar-refractivity contribution in [2.45, 2.75) is 27.3 Å². The molecule has 1 aromatic heterocycles. The lowest BCUT2D eigenvalue weighted by atomic mass is 10.2. The van der Waals surface area contributed by atoms with Crippen LogP contribution in [0.4, 0.5) is 11.6 Å². The van der Waals surface area contributed by atoms with Crippen LogP contribution in [0.5, 0.6) is 0 Å². The Kier molecular flexibility index (Phi) is 5.17. The molecule has 0 radical (unpaired) electrons. The highest BCUT2D eigenvalue weighted by molar-refractivity contribution is 9.10. The van der Waals surface area contributed by atoms with Gasteiger partial charge in [-0.25, -0.2) is 9.97 Å². The van der Waals surface area contributed by atoms with E-state index in [9.17, 15) is 0 Å². The van der Waals surface area contributed by atoms with E-state index in [1.165, 1.54) is 5.56 Å². The van der Waals surface area contributed by atoms with Gasteiger partial charge in [0.1, 0.15) is 17.5 Å². The molecular weight excluding hydrogens is 328 g/mol. The van der Waals surface area contributed by atoms with Gasteiger partial charge in [-0.1, -0.05) is 34.1 Å². The van der Waals surface area contributed by atoms with E-state index in [2.05, 4.69) is 75.2 Å². The van der Waals surface area contributed by atoms with E-state index in [1.54, 1.807) is 0 Å². The molecule has 0 bridgehead atoms. The van der Waals surface area contributed by atoms with Crippen molar-refractivity contribution in [3.63, 3.8) is 0 Å². The SMILES string of the molecule is CCNc1nc(C)nc(N(C)Cc2ccccc2Br)c1C. The van der Waals surface area contributed by atoms with E-state index in [4.69, 9.17) is 0 Å². The summed E-state index contributed by atoms with van der Waals surface area (Å²) in [7, 11) is 2.06. The van der Waals surface area contributed by atoms with Crippen LogP contribution in [0.25, 0.3) is 0 Å². The largest absolute Gasteiger partial charge is 0.370 e. The summed E-state index contributed by atoms with van der Waals surface area (Å²) in [5.74, 6) is 2.67. The molecule has 1 heterocycles. The van der Waals surface area contributed by atoms with Gasteiger partial charge in [0.25, 0.3) is 0 Å². The molecule has 0 aliphatic rings. The van der Waals surface area contributed by atoms with Gasteiger partial charge in [-0.05, 0) is 32.4 Å². The number of nitrogens with zero attached hydrogens (tertiary/aromatic N) is 3. The Morgan fingerprint density at radius 2 is 1.90 bits per heavy atom. The molecule has 1 aromatic carbocycles. The first kappa shape index (κ1) is 15.8. The summed E-state index contributed by atoms with van der Waals surface area (Å²) in [5, 5.41) is 3.30. The number of aromatic nitrogens is 2. The van der Waals surface area contributed by atoms with Gasteiger partial charge in [0.05, 0.1) is 0 Å². The summed E-state index contributed by atoms with van der Waals surface area (Å²) in [5.41, 5.74) is 2.32. The van der Waals surface area contributed by atoms with Crippen LogP contribution >= 0.6 is 15.9 Å². The molecule has 1 N–H and O–H groups in total. The number of nitrogens with one attached hydrogen (secondary N) is 1. The molecule has 0 fully saturated rings. The number of anilines is 2. The van der Waals surface area contributed by atoms with Gasteiger partial charge in [0, 0.05) is 30.2 Å². The van der Waals surface area contributed by atoms with Gasteiger partial charge < -0.3 is 10.2 Å². The summed E-state index contributed by atoms with van der Waals surface area (Å²) < 4.78 is 1.12. The normalized spacial score (nSPS) is 10.5. The lowest BCUT2D eigenvalue weighted by Gasteiger charge is -2.22. The van der Waals surface area contributed by atoms with Crippen LogP contribution in [0.2, 0.25) is 0 Å². The highest BCUT2D eigenvalue weighted by Crippen LogP contribution is 2.25. The van der Waals surface area contributed by atoms with Crippen molar-refractivity contribution in [3.05, 3.63) is 45.7 Å². The predicted octanol–water partition coefficient (Wildman–Crippen LogP) is 3.92. The Morgan fingerprint density at radius 1 is 1.19 bits per heavy atom. The molecule has 0 saturated carbocycles. The molecule has 2 aromatic rings. The standard InChI is InChI=1S/C16H21BrN4/c1-5-18-15-11(2)16(20-12(3)19-15)21(4)10-13-8-6-7-9-14(13)17/h6-9H,5,10H2,1-4H3,(H,18,19,20). The molecule has 0 saturated heterocycles. The molecule has 0 amide bonds. The fourth-order valence-corrected chi connectivity index (χ4v) is 2.69. The summed E-state index contributed by atoms with van der Waals surface area (Å²) in [6.45, 7) is 7.70. The van der Waals surface area contributed by atoms with Crippen molar-refractivity contribution in [1.29, 1.82) is 0 Å². The maximum Gasteiger partial charge on any atom is 0.137 e. The predicted molar refractivity (Wildman–Crippen MR) is 91.9 cm³/mol. The molecule has 0 unspecified atom stereocenters. The van der Waals surface area contributed by atoms with Gasteiger partial charge in [-0.2, -0.15) is 0 Å². The zero-order valence-corrected chi connectivity index (χ0v) is 14.5. The Hall–Kier alpha value is -1.62. The number of hydrogen-bond acceptors (Lipinski definition) is 4. The number of rotatable bonds is 5. The summed E-state index contributed by atoms with van der Waals surface area (Å²) in [6.07, 6.45) is 0. The molecule has 0 aliphatic carbocycles. The second-order valence-corrected chi connectivity index (χ2v) is 5.90. The van der Waals surface area contributed by atoms with Crippen LogP contribution in [0, 0.1) is 13.8 Å². The molecule has 0 spiro atoms. The third-order valence-electron chi connectivity index (χ3n) is 3.30. The summed E-state index contributed by atoms with van der Waals surface area (Å²) >= 11 is 3.60. The first-order chi connectivity index (χ1) is 10.0. The van der Waals surface area contributed by atoms with Crippen LogP contribution in [0.3, 0.4) is 0 Å². The van der Waals surface area contributed by atoms with E-state index in [0.29, 0.717) is 0 Å². The van der Waals surface area contributed by atoms with Crippen LogP contribution in [0.1, 0.15) is 23.9 Å². The van der Waals surface area contributed by atoms with Crippen molar-refractivity contribution in [2.24, 2.45) is 0 Å². The van der Waals surface area contributed by atoms with Crippen molar-refractivity contribution in [2.75, 3.05) is 23.8 Å². The third-order valence-corrected chi connectivity index (χ3v) is 4.08. The molecule has 5 heteroatoms. The van der Waals surface area contributed by atoms with Gasteiger partial charge >= 0.3 is 0 Å². The van der Waals surface area contributed by atoms with Gasteiger partial charge in [-0.3, -0.25) is 0 Å². The van der Waals surface area contributed by atoms with Crippen LogP contribution < -0.4 is 10.2 Å². The number of benzene rings is 1. The molecule has 4 nitrogen and oxygen atoms in total. The number of hydrogen-bond donors (Lipinski definition) is 1. The fourth-order valence-electron chi connectivity index (χ4n) is 2.28. The summed E-state index contributed by atoms with van der Waals surface area (Å²) in [4.78, 5) is 11.2. The highest BCUT2D eigenvalue weighted by Gasteiger charge is 2.13. The van der Waals surface area contributed by atoms with Crippen molar-refractivity contribution in [3.8, 4) is 0 Å². The van der Waals surface area contributed by atoms with E-state index in [-0.39, 0.29) is 0 Å². The Balaban J connectivity index is 2.31. The maximum atomic E-state index is 4.60. The number of halogens is 1. The Morgan fingerprint density at radius 3 is 2.57 bits per heavy atom. The minimum absolute atomic E-state index is 0.783. The molecule has 21 heavy (non-hydrogen) atoms. The molecule has 0 aliphatic heterocycles. The topological polar surface area (TPSA) is 41.1 Å². The summed E-state index contributed by atoms with van der Waals surface area (Å²) in [6, 6.07) is 8.26. The van der Waals surface area contributed by atoms with E-state index >= 15 is 0 Å². The molecule has 2 rings (SSSR count). The Labute approximate surface area is 134 Å². The van der Waals surface area contributed by atoms with Crippen LogP contribution in [0.15, 0.2) is 28.7 Å². The first-order valence-corrected chi connectivity index (χ1v) is 7.86. The van der Waals surface area contributed by atoms with E-state index in [1.807, 2.05) is 13.0 Å². The Bertz CT molecular complexity index is 628. The van der Waals surface area contributed by atoms with Gasteiger partial charge in [0.15, 0.2) is 0 Å². The minimum Gasteiger partial charge on any atom is -0.370 e. The first-order valence-electron chi connectivity index (χ1n) is 7.06. The minimum atomic E-state index is 0.783. The third kappa shape index (κ3) is 3.73. The van der Waals surface area contributed by atoms with Crippen LogP contribution in [-0.2, 0) is 6.54 Å². The number of aryl methyl sites for hydroxylation is 1. The lowest BCUT2D eigenvalue weighted by molar-refractivity contribution is 0.866. The second-order valence-electron chi connectivity index (χ2n) is 5.05. The smallest absolute Gasteiger partial charge is 0.137 e. The lowest BCUT2D eigenvalue weighted by Crippen LogP contribution is -2.21. The van der Waals surface area contributed by atoms with E-state index in [0.717, 1.165) is 40.6 Å². The van der Waals surface area contributed by atoms with Crippen molar-refractivity contribution in [1.82, 2.24) is 9.97 Å².